The molecule has 0 aromatic rings. The zero-order chi connectivity index (χ0) is 11.2. The number of likely N-dealkylation sites (N-methyl/N-ethyl adjacent to an activating group) is 1. The molecule has 0 aromatic carbocycles. The van der Waals surface area contributed by atoms with Crippen molar-refractivity contribution in [2.75, 3.05) is 26.2 Å². The molecule has 1 N–H and O–H groups in total. The van der Waals surface area contributed by atoms with Crippen LogP contribution in [0.2, 0.25) is 0 Å². The molecular weight excluding hydrogens is 200 g/mol. The molecule has 1 unspecified atom stereocenters. The Labute approximate surface area is 98.8 Å². The summed E-state index contributed by atoms with van der Waals surface area (Å²) < 4.78 is 5.51. The molecule has 1 fully saturated rings. The Hall–Kier alpha value is -0.540. The molecule has 1 aliphatic heterocycles. The van der Waals surface area contributed by atoms with Gasteiger partial charge in [0.15, 0.2) is 0 Å². The Morgan fingerprint density at radius 2 is 2.25 bits per heavy atom. The van der Waals surface area contributed by atoms with Gasteiger partial charge in [-0.3, -0.25) is 4.90 Å². The number of rotatable bonds is 7. The largest absolute Gasteiger partial charge is 0.497 e. The third-order valence-corrected chi connectivity index (χ3v) is 3.44. The van der Waals surface area contributed by atoms with Gasteiger partial charge < -0.3 is 10.1 Å². The van der Waals surface area contributed by atoms with Crippen molar-refractivity contribution >= 4 is 0 Å². The molecule has 1 aliphatic carbocycles. The van der Waals surface area contributed by atoms with Crippen molar-refractivity contribution in [3.8, 4) is 0 Å². The molecule has 0 bridgehead atoms. The lowest BCUT2D eigenvalue weighted by molar-refractivity contribution is 0.121. The smallest absolute Gasteiger partial charge is 0.110 e. The first-order chi connectivity index (χ1) is 7.90. The molecule has 0 radical (unpaired) electrons. The van der Waals surface area contributed by atoms with Crippen LogP contribution in [0.4, 0.5) is 0 Å². The van der Waals surface area contributed by atoms with Gasteiger partial charge in [-0.1, -0.05) is 6.92 Å². The minimum absolute atomic E-state index is 0.390. The van der Waals surface area contributed by atoms with Gasteiger partial charge in [0.25, 0.3) is 0 Å². The van der Waals surface area contributed by atoms with Gasteiger partial charge in [-0.25, -0.2) is 0 Å². The molecule has 1 heterocycles. The summed E-state index contributed by atoms with van der Waals surface area (Å²) in [4.78, 5) is 2.58. The van der Waals surface area contributed by atoms with Gasteiger partial charge in [0.2, 0.25) is 0 Å². The lowest BCUT2D eigenvalue weighted by Crippen LogP contribution is -2.37. The molecule has 92 valence electrons. The standard InChI is InChI=1S/C13H24N2O/c1-2-15(12-6-7-12)9-8-14-11-13-5-3-4-10-16-13/h4,10,12-14H,2-3,5-9,11H2,1H3. The number of nitrogens with zero attached hydrogens (tertiary/aromatic N) is 1. The quantitative estimate of drug-likeness (QED) is 0.667. The van der Waals surface area contributed by atoms with Gasteiger partial charge in [0.05, 0.1) is 6.26 Å². The monoisotopic (exact) mass is 224 g/mol. The van der Waals surface area contributed by atoms with Crippen LogP contribution in [0.5, 0.6) is 0 Å². The van der Waals surface area contributed by atoms with Crippen LogP contribution >= 0.6 is 0 Å². The fraction of sp³-hybridized carbons (Fsp3) is 0.846. The first-order valence-corrected chi connectivity index (χ1v) is 6.65. The zero-order valence-electron chi connectivity index (χ0n) is 10.3. The zero-order valence-corrected chi connectivity index (χ0v) is 10.3. The van der Waals surface area contributed by atoms with E-state index in [0.29, 0.717) is 6.10 Å². The average Bonchev–Trinajstić information content (AvgIpc) is 3.15. The van der Waals surface area contributed by atoms with Crippen LogP contribution in [0.15, 0.2) is 12.3 Å². The highest BCUT2D eigenvalue weighted by Crippen LogP contribution is 2.25. The molecule has 2 aliphatic rings. The normalized spacial score (nSPS) is 24.8. The van der Waals surface area contributed by atoms with Crippen molar-refractivity contribution in [3.05, 3.63) is 12.3 Å². The Balaban J connectivity index is 1.52. The van der Waals surface area contributed by atoms with Crippen molar-refractivity contribution in [2.24, 2.45) is 0 Å². The third kappa shape index (κ3) is 3.80. The lowest BCUT2D eigenvalue weighted by Gasteiger charge is -2.22. The van der Waals surface area contributed by atoms with Gasteiger partial charge >= 0.3 is 0 Å². The van der Waals surface area contributed by atoms with E-state index in [4.69, 9.17) is 4.74 Å². The Kier molecular flexibility index (Phi) is 4.67. The summed E-state index contributed by atoms with van der Waals surface area (Å²) in [5.74, 6) is 0. The highest BCUT2D eigenvalue weighted by Gasteiger charge is 2.27. The van der Waals surface area contributed by atoms with Gasteiger partial charge in [-0.2, -0.15) is 0 Å². The molecule has 0 aromatic heterocycles. The van der Waals surface area contributed by atoms with E-state index in [0.717, 1.165) is 32.0 Å². The van der Waals surface area contributed by atoms with Crippen molar-refractivity contribution in [1.29, 1.82) is 0 Å². The summed E-state index contributed by atoms with van der Waals surface area (Å²) in [7, 11) is 0. The van der Waals surface area contributed by atoms with Crippen LogP contribution in [0.3, 0.4) is 0 Å². The second-order valence-corrected chi connectivity index (χ2v) is 4.77. The molecule has 2 rings (SSSR count). The third-order valence-electron chi connectivity index (χ3n) is 3.44. The summed E-state index contributed by atoms with van der Waals surface area (Å²) >= 11 is 0. The summed E-state index contributed by atoms with van der Waals surface area (Å²) in [5, 5.41) is 3.50. The Morgan fingerprint density at radius 1 is 1.38 bits per heavy atom. The number of nitrogens with one attached hydrogen (secondary N) is 1. The highest BCUT2D eigenvalue weighted by atomic mass is 16.5. The van der Waals surface area contributed by atoms with Crippen molar-refractivity contribution < 1.29 is 4.74 Å². The predicted octanol–water partition coefficient (Wildman–Crippen LogP) is 1.75. The van der Waals surface area contributed by atoms with E-state index in [1.807, 2.05) is 6.26 Å². The SMILES string of the molecule is CCN(CCNCC1CCC=CO1)C1CC1. The van der Waals surface area contributed by atoms with E-state index in [1.54, 1.807) is 0 Å². The molecular formula is C13H24N2O. The average molecular weight is 224 g/mol. The highest BCUT2D eigenvalue weighted by molar-refractivity contribution is 4.85. The van der Waals surface area contributed by atoms with Gasteiger partial charge in [0.1, 0.15) is 6.10 Å². The van der Waals surface area contributed by atoms with Gasteiger partial charge in [-0.05, 0) is 38.3 Å². The molecule has 1 saturated carbocycles. The molecule has 0 saturated heterocycles. The van der Waals surface area contributed by atoms with Crippen LogP contribution in [-0.4, -0.2) is 43.2 Å². The maximum atomic E-state index is 5.51. The second kappa shape index (κ2) is 6.26. The molecule has 0 amide bonds. The molecule has 3 nitrogen and oxygen atoms in total. The summed E-state index contributed by atoms with van der Waals surface area (Å²) in [6.07, 6.45) is 9.47. The van der Waals surface area contributed by atoms with E-state index < -0.39 is 0 Å². The van der Waals surface area contributed by atoms with Gasteiger partial charge in [-0.15, -0.1) is 0 Å². The minimum atomic E-state index is 0.390. The van der Waals surface area contributed by atoms with Crippen LogP contribution in [0.25, 0.3) is 0 Å². The number of hydrogen-bond acceptors (Lipinski definition) is 3. The molecule has 1 atom stereocenters. The van der Waals surface area contributed by atoms with E-state index in [9.17, 15) is 0 Å². The Bertz CT molecular complexity index is 226. The molecule has 16 heavy (non-hydrogen) atoms. The first kappa shape index (κ1) is 11.9. The second-order valence-electron chi connectivity index (χ2n) is 4.77. The summed E-state index contributed by atoms with van der Waals surface area (Å²) in [6.45, 7) is 6.71. The first-order valence-electron chi connectivity index (χ1n) is 6.65. The lowest BCUT2D eigenvalue weighted by atomic mass is 10.1. The van der Waals surface area contributed by atoms with Crippen LogP contribution in [0.1, 0.15) is 32.6 Å². The maximum Gasteiger partial charge on any atom is 0.110 e. The van der Waals surface area contributed by atoms with Gasteiger partial charge in [0, 0.05) is 25.7 Å². The fourth-order valence-corrected chi connectivity index (χ4v) is 2.26. The molecule has 0 spiro atoms. The molecule has 3 heteroatoms. The van der Waals surface area contributed by atoms with Crippen molar-refractivity contribution in [2.45, 2.75) is 44.8 Å². The topological polar surface area (TPSA) is 24.5 Å². The van der Waals surface area contributed by atoms with Crippen LogP contribution < -0.4 is 5.32 Å². The summed E-state index contributed by atoms with van der Waals surface area (Å²) in [6, 6.07) is 0.890. The number of allylic oxidation sites excluding steroid dienone is 1. The predicted molar refractivity (Wildman–Crippen MR) is 66.4 cm³/mol. The van der Waals surface area contributed by atoms with Crippen molar-refractivity contribution in [1.82, 2.24) is 10.2 Å². The number of hydrogen-bond donors (Lipinski definition) is 1. The Morgan fingerprint density at radius 3 is 2.88 bits per heavy atom. The van der Waals surface area contributed by atoms with Crippen molar-refractivity contribution in [3.63, 3.8) is 0 Å². The fourth-order valence-electron chi connectivity index (χ4n) is 2.26. The van der Waals surface area contributed by atoms with E-state index >= 15 is 0 Å². The number of ether oxygens (including phenoxy) is 1. The van der Waals surface area contributed by atoms with E-state index in [2.05, 4.69) is 23.2 Å². The van der Waals surface area contributed by atoms with Crippen LogP contribution in [-0.2, 0) is 4.74 Å². The minimum Gasteiger partial charge on any atom is -0.497 e. The maximum absolute atomic E-state index is 5.51. The summed E-state index contributed by atoms with van der Waals surface area (Å²) in [5.41, 5.74) is 0. The van der Waals surface area contributed by atoms with E-state index in [1.165, 1.54) is 25.9 Å². The van der Waals surface area contributed by atoms with Crippen LogP contribution in [0, 0.1) is 0 Å². The van der Waals surface area contributed by atoms with E-state index in [-0.39, 0.29) is 0 Å².